The van der Waals surface area contributed by atoms with Crippen LogP contribution in [0.1, 0.15) is 17.5 Å². The predicted molar refractivity (Wildman–Crippen MR) is 76.4 cm³/mol. The minimum absolute atomic E-state index is 0.310. The number of rotatable bonds is 6. The van der Waals surface area contributed by atoms with Gasteiger partial charge in [-0.15, -0.1) is 0 Å². The second kappa shape index (κ2) is 6.95. The van der Waals surface area contributed by atoms with E-state index in [1.54, 1.807) is 0 Å². The molecule has 0 heterocycles. The average molecular weight is 275 g/mol. The first-order valence-corrected chi connectivity index (χ1v) is 6.56. The summed E-state index contributed by atoms with van der Waals surface area (Å²) >= 11 is 5.34. The van der Waals surface area contributed by atoms with Gasteiger partial charge in [-0.2, -0.15) is 0 Å². The smallest absolute Gasteiger partial charge is 0.221 e. The zero-order valence-electron chi connectivity index (χ0n) is 10.5. The Labute approximate surface area is 118 Å². The number of carbonyl (C=O) groups excluding carboxylic acids is 1. The van der Waals surface area contributed by atoms with E-state index in [1.807, 2.05) is 54.6 Å². The number of benzene rings is 2. The molecule has 0 aromatic heterocycles. The Balaban J connectivity index is 1.93. The molecule has 2 rings (SSSR count). The molecule has 0 atom stereocenters. The van der Waals surface area contributed by atoms with Crippen LogP contribution in [-0.4, -0.2) is 5.24 Å². The Bertz CT molecular complexity index is 537. The first-order valence-electron chi connectivity index (χ1n) is 6.18. The van der Waals surface area contributed by atoms with Crippen LogP contribution < -0.4 is 4.74 Å². The Morgan fingerprint density at radius 2 is 1.74 bits per heavy atom. The molecule has 0 aliphatic rings. The van der Waals surface area contributed by atoms with Crippen LogP contribution in [0.15, 0.2) is 54.6 Å². The molecule has 19 heavy (non-hydrogen) atoms. The molecule has 3 heteroatoms. The summed E-state index contributed by atoms with van der Waals surface area (Å²) in [4.78, 5) is 10.7. The van der Waals surface area contributed by atoms with Gasteiger partial charge in [0.15, 0.2) is 0 Å². The largest absolute Gasteiger partial charge is 0.489 e. The fourth-order valence-corrected chi connectivity index (χ4v) is 1.87. The molecule has 0 bridgehead atoms. The van der Waals surface area contributed by atoms with Gasteiger partial charge in [0.05, 0.1) is 0 Å². The van der Waals surface area contributed by atoms with Crippen LogP contribution in [0.3, 0.4) is 0 Å². The molecule has 0 unspecified atom stereocenters. The molecule has 0 saturated heterocycles. The maximum Gasteiger partial charge on any atom is 0.221 e. The van der Waals surface area contributed by atoms with Crippen molar-refractivity contribution in [3.05, 3.63) is 65.7 Å². The number of ether oxygens (including phenoxy) is 1. The van der Waals surface area contributed by atoms with Crippen molar-refractivity contribution < 1.29 is 9.53 Å². The topological polar surface area (TPSA) is 26.3 Å². The number of aryl methyl sites for hydroxylation is 1. The van der Waals surface area contributed by atoms with Gasteiger partial charge in [-0.3, -0.25) is 4.79 Å². The minimum Gasteiger partial charge on any atom is -0.489 e. The van der Waals surface area contributed by atoms with Crippen molar-refractivity contribution in [2.75, 3.05) is 0 Å². The van der Waals surface area contributed by atoms with E-state index in [0.29, 0.717) is 19.4 Å². The van der Waals surface area contributed by atoms with Crippen molar-refractivity contribution in [3.8, 4) is 5.75 Å². The lowest BCUT2D eigenvalue weighted by Crippen LogP contribution is -1.96. The van der Waals surface area contributed by atoms with Crippen molar-refractivity contribution in [2.24, 2.45) is 0 Å². The lowest BCUT2D eigenvalue weighted by molar-refractivity contribution is -0.111. The van der Waals surface area contributed by atoms with E-state index in [9.17, 15) is 4.79 Å². The quantitative estimate of drug-likeness (QED) is 0.745. The Morgan fingerprint density at radius 3 is 2.47 bits per heavy atom. The lowest BCUT2D eigenvalue weighted by atomic mass is 10.1. The Morgan fingerprint density at radius 1 is 1.00 bits per heavy atom. The second-order valence-electron chi connectivity index (χ2n) is 4.28. The van der Waals surface area contributed by atoms with Crippen molar-refractivity contribution in [1.29, 1.82) is 0 Å². The number of hydrogen-bond donors (Lipinski definition) is 0. The third-order valence-electron chi connectivity index (χ3n) is 2.76. The van der Waals surface area contributed by atoms with Crippen molar-refractivity contribution >= 4 is 16.8 Å². The summed E-state index contributed by atoms with van der Waals surface area (Å²) in [6, 6.07) is 17.8. The molecule has 0 fully saturated rings. The zero-order valence-corrected chi connectivity index (χ0v) is 11.3. The van der Waals surface area contributed by atoms with Crippen molar-refractivity contribution in [3.63, 3.8) is 0 Å². The molecule has 2 aromatic carbocycles. The van der Waals surface area contributed by atoms with Crippen LogP contribution in [0.5, 0.6) is 5.75 Å². The van der Waals surface area contributed by atoms with Crippen LogP contribution in [0.2, 0.25) is 0 Å². The average Bonchev–Trinajstić information content (AvgIpc) is 2.44. The maximum atomic E-state index is 10.7. The number of halogens is 1. The summed E-state index contributed by atoms with van der Waals surface area (Å²) in [6.45, 7) is 0.540. The maximum absolute atomic E-state index is 10.7. The molecule has 0 aliphatic heterocycles. The van der Waals surface area contributed by atoms with Gasteiger partial charge in [0, 0.05) is 6.42 Å². The standard InChI is InChI=1S/C16H15ClO2/c17-16(18)10-9-13-7-4-8-15(11-13)19-12-14-5-2-1-3-6-14/h1-8,11H,9-10,12H2. The van der Waals surface area contributed by atoms with Gasteiger partial charge >= 0.3 is 0 Å². The third kappa shape index (κ3) is 4.76. The molecule has 0 N–H and O–H groups in total. The fraction of sp³-hybridized carbons (Fsp3) is 0.188. The second-order valence-corrected chi connectivity index (χ2v) is 4.70. The van der Waals surface area contributed by atoms with E-state index in [2.05, 4.69) is 0 Å². The molecule has 0 radical (unpaired) electrons. The summed E-state index contributed by atoms with van der Waals surface area (Å²) in [5.74, 6) is 0.809. The van der Waals surface area contributed by atoms with Crippen molar-refractivity contribution in [2.45, 2.75) is 19.4 Å². The first kappa shape index (κ1) is 13.6. The van der Waals surface area contributed by atoms with Gasteiger partial charge in [-0.25, -0.2) is 0 Å². The summed E-state index contributed by atoms with van der Waals surface area (Å²) in [5.41, 5.74) is 2.18. The summed E-state index contributed by atoms with van der Waals surface area (Å²) in [7, 11) is 0. The molecule has 98 valence electrons. The summed E-state index contributed by atoms with van der Waals surface area (Å²) in [5, 5.41) is -0.310. The van der Waals surface area contributed by atoms with E-state index in [0.717, 1.165) is 16.9 Å². The van der Waals surface area contributed by atoms with Crippen molar-refractivity contribution in [1.82, 2.24) is 0 Å². The monoisotopic (exact) mass is 274 g/mol. The molecule has 0 saturated carbocycles. The normalized spacial score (nSPS) is 10.2. The van der Waals surface area contributed by atoms with Gasteiger partial charge in [-0.05, 0) is 41.3 Å². The first-order chi connectivity index (χ1) is 9.24. The van der Waals surface area contributed by atoms with E-state index < -0.39 is 0 Å². The van der Waals surface area contributed by atoms with Gasteiger partial charge < -0.3 is 4.74 Å². The highest BCUT2D eigenvalue weighted by atomic mass is 35.5. The molecular weight excluding hydrogens is 260 g/mol. The Hall–Kier alpha value is -1.80. The van der Waals surface area contributed by atoms with E-state index in [4.69, 9.17) is 16.3 Å². The summed E-state index contributed by atoms with van der Waals surface area (Å²) < 4.78 is 5.72. The third-order valence-corrected chi connectivity index (χ3v) is 2.95. The molecule has 2 aromatic rings. The Kier molecular flexibility index (Phi) is 4.99. The number of hydrogen-bond acceptors (Lipinski definition) is 2. The minimum atomic E-state index is -0.310. The van der Waals surface area contributed by atoms with Crippen LogP contribution in [0.25, 0.3) is 0 Å². The SMILES string of the molecule is O=C(Cl)CCc1cccc(OCc2ccccc2)c1. The highest BCUT2D eigenvalue weighted by molar-refractivity contribution is 6.63. The molecule has 0 amide bonds. The van der Waals surface area contributed by atoms with Crippen LogP contribution >= 0.6 is 11.6 Å². The molecule has 2 nitrogen and oxygen atoms in total. The van der Waals surface area contributed by atoms with Crippen LogP contribution in [0, 0.1) is 0 Å². The molecular formula is C16H15ClO2. The fourth-order valence-electron chi connectivity index (χ4n) is 1.77. The predicted octanol–water partition coefficient (Wildman–Crippen LogP) is 3.96. The van der Waals surface area contributed by atoms with Gasteiger partial charge in [0.25, 0.3) is 0 Å². The van der Waals surface area contributed by atoms with Crippen LogP contribution in [0.4, 0.5) is 0 Å². The van der Waals surface area contributed by atoms with E-state index >= 15 is 0 Å². The number of carbonyl (C=O) groups is 1. The van der Waals surface area contributed by atoms with Gasteiger partial charge in [0.2, 0.25) is 5.24 Å². The molecule has 0 spiro atoms. The van der Waals surface area contributed by atoms with Crippen LogP contribution in [-0.2, 0) is 17.8 Å². The highest BCUT2D eigenvalue weighted by Gasteiger charge is 2.01. The van der Waals surface area contributed by atoms with Gasteiger partial charge in [-0.1, -0.05) is 42.5 Å². The highest BCUT2D eigenvalue weighted by Crippen LogP contribution is 2.16. The van der Waals surface area contributed by atoms with Gasteiger partial charge in [0.1, 0.15) is 12.4 Å². The lowest BCUT2D eigenvalue weighted by Gasteiger charge is -2.07. The van der Waals surface area contributed by atoms with E-state index in [1.165, 1.54) is 0 Å². The van der Waals surface area contributed by atoms with E-state index in [-0.39, 0.29) is 5.24 Å². The zero-order chi connectivity index (χ0) is 13.5. The summed E-state index contributed by atoms with van der Waals surface area (Å²) in [6.07, 6.45) is 0.995. The molecule has 0 aliphatic carbocycles.